The standard InChI is InChI=1S/C21H20O/c1-4-20-12-8-9-13-21(20)17(2)16-22-18(3)14-15-19-10-6-5-7-11-19/h4-13,18H,1-2,16H2,3H3. The summed E-state index contributed by atoms with van der Waals surface area (Å²) in [5.41, 5.74) is 4.07. The minimum atomic E-state index is -0.146. The molecule has 110 valence electrons. The van der Waals surface area contributed by atoms with Gasteiger partial charge in [-0.15, -0.1) is 0 Å². The van der Waals surface area contributed by atoms with Crippen LogP contribution in [-0.4, -0.2) is 12.7 Å². The highest BCUT2D eigenvalue weighted by molar-refractivity contribution is 5.73. The minimum absolute atomic E-state index is 0.146. The summed E-state index contributed by atoms with van der Waals surface area (Å²) < 4.78 is 5.77. The number of hydrogen-bond donors (Lipinski definition) is 0. The molecule has 2 aromatic carbocycles. The molecule has 0 N–H and O–H groups in total. The largest absolute Gasteiger partial charge is 0.361 e. The number of ether oxygens (including phenoxy) is 1. The highest BCUT2D eigenvalue weighted by atomic mass is 16.5. The molecule has 0 aliphatic rings. The van der Waals surface area contributed by atoms with Crippen molar-refractivity contribution in [2.45, 2.75) is 13.0 Å². The van der Waals surface area contributed by atoms with E-state index in [1.807, 2.05) is 67.6 Å². The van der Waals surface area contributed by atoms with Crippen molar-refractivity contribution in [3.63, 3.8) is 0 Å². The van der Waals surface area contributed by atoms with E-state index in [1.54, 1.807) is 0 Å². The molecule has 0 aliphatic carbocycles. The first-order valence-corrected chi connectivity index (χ1v) is 7.28. The van der Waals surface area contributed by atoms with Crippen molar-refractivity contribution < 1.29 is 4.74 Å². The Kier molecular flexibility index (Phi) is 5.77. The molecule has 1 atom stereocenters. The van der Waals surface area contributed by atoms with Crippen molar-refractivity contribution in [2.75, 3.05) is 6.61 Å². The van der Waals surface area contributed by atoms with Crippen molar-refractivity contribution in [2.24, 2.45) is 0 Å². The van der Waals surface area contributed by atoms with E-state index in [9.17, 15) is 0 Å². The molecule has 0 aromatic heterocycles. The van der Waals surface area contributed by atoms with Crippen LogP contribution < -0.4 is 0 Å². The number of benzene rings is 2. The predicted molar refractivity (Wildman–Crippen MR) is 94.3 cm³/mol. The van der Waals surface area contributed by atoms with Crippen LogP contribution in [0.3, 0.4) is 0 Å². The van der Waals surface area contributed by atoms with Crippen molar-refractivity contribution in [3.8, 4) is 11.8 Å². The molecule has 0 saturated heterocycles. The molecule has 0 amide bonds. The molecule has 1 unspecified atom stereocenters. The lowest BCUT2D eigenvalue weighted by molar-refractivity contribution is 0.134. The molecule has 0 spiro atoms. The second kappa shape index (κ2) is 8.02. The fraction of sp³-hybridized carbons (Fsp3) is 0.143. The molecular weight excluding hydrogens is 268 g/mol. The van der Waals surface area contributed by atoms with Crippen LogP contribution in [0.4, 0.5) is 0 Å². The van der Waals surface area contributed by atoms with Crippen LogP contribution in [0.1, 0.15) is 23.6 Å². The van der Waals surface area contributed by atoms with Gasteiger partial charge < -0.3 is 4.74 Å². The summed E-state index contributed by atoms with van der Waals surface area (Å²) in [5.74, 6) is 6.21. The Morgan fingerprint density at radius 3 is 2.55 bits per heavy atom. The Bertz CT molecular complexity index is 701. The highest BCUT2D eigenvalue weighted by Gasteiger charge is 2.05. The quantitative estimate of drug-likeness (QED) is 0.718. The fourth-order valence-corrected chi connectivity index (χ4v) is 2.05. The fourth-order valence-electron chi connectivity index (χ4n) is 2.05. The molecule has 22 heavy (non-hydrogen) atoms. The molecule has 1 nitrogen and oxygen atoms in total. The maximum Gasteiger partial charge on any atom is 0.116 e. The Balaban J connectivity index is 1.94. The summed E-state index contributed by atoms with van der Waals surface area (Å²) in [7, 11) is 0. The normalized spacial score (nSPS) is 11.1. The SMILES string of the molecule is C=Cc1ccccc1C(=C)COC(C)C#Cc1ccccc1. The van der Waals surface area contributed by atoms with Crippen molar-refractivity contribution in [3.05, 3.63) is 84.4 Å². The summed E-state index contributed by atoms with van der Waals surface area (Å²) in [6.07, 6.45) is 1.69. The van der Waals surface area contributed by atoms with Gasteiger partial charge in [-0.25, -0.2) is 0 Å². The summed E-state index contributed by atoms with van der Waals surface area (Å²) in [4.78, 5) is 0. The second-order valence-electron chi connectivity index (χ2n) is 4.98. The van der Waals surface area contributed by atoms with E-state index in [0.29, 0.717) is 6.61 Å². The molecule has 2 aromatic rings. The van der Waals surface area contributed by atoms with Gasteiger partial charge in [0.15, 0.2) is 0 Å². The Morgan fingerprint density at radius 1 is 1.14 bits per heavy atom. The lowest BCUT2D eigenvalue weighted by Gasteiger charge is -2.12. The molecule has 0 aliphatic heterocycles. The lowest BCUT2D eigenvalue weighted by atomic mass is 10.0. The third-order valence-corrected chi connectivity index (χ3v) is 3.26. The van der Waals surface area contributed by atoms with Gasteiger partial charge in [0.05, 0.1) is 6.61 Å². The third-order valence-electron chi connectivity index (χ3n) is 3.26. The van der Waals surface area contributed by atoms with Gasteiger partial charge in [-0.1, -0.05) is 73.5 Å². The van der Waals surface area contributed by atoms with E-state index in [4.69, 9.17) is 4.74 Å². The molecule has 0 saturated carbocycles. The van der Waals surface area contributed by atoms with Gasteiger partial charge in [0.2, 0.25) is 0 Å². The van der Waals surface area contributed by atoms with Gasteiger partial charge in [0.1, 0.15) is 6.10 Å². The zero-order valence-electron chi connectivity index (χ0n) is 12.9. The minimum Gasteiger partial charge on any atom is -0.361 e. The first-order valence-electron chi connectivity index (χ1n) is 7.28. The summed E-state index contributed by atoms with van der Waals surface area (Å²) in [6, 6.07) is 17.9. The highest BCUT2D eigenvalue weighted by Crippen LogP contribution is 2.19. The first-order chi connectivity index (χ1) is 10.7. The summed E-state index contributed by atoms with van der Waals surface area (Å²) in [6.45, 7) is 10.3. The van der Waals surface area contributed by atoms with Crippen LogP contribution >= 0.6 is 0 Å². The van der Waals surface area contributed by atoms with E-state index >= 15 is 0 Å². The first kappa shape index (κ1) is 15.8. The number of hydrogen-bond acceptors (Lipinski definition) is 1. The lowest BCUT2D eigenvalue weighted by Crippen LogP contribution is -2.08. The Morgan fingerprint density at radius 2 is 1.82 bits per heavy atom. The maximum atomic E-state index is 5.77. The van der Waals surface area contributed by atoms with Gasteiger partial charge in [-0.3, -0.25) is 0 Å². The van der Waals surface area contributed by atoms with E-state index < -0.39 is 0 Å². The third kappa shape index (κ3) is 4.48. The van der Waals surface area contributed by atoms with Gasteiger partial charge in [-0.2, -0.15) is 0 Å². The molecule has 1 heteroatoms. The van der Waals surface area contributed by atoms with Crippen LogP contribution in [0, 0.1) is 11.8 Å². The van der Waals surface area contributed by atoms with E-state index in [2.05, 4.69) is 25.0 Å². The average Bonchev–Trinajstić information content (AvgIpc) is 2.58. The van der Waals surface area contributed by atoms with Crippen molar-refractivity contribution in [1.82, 2.24) is 0 Å². The average molecular weight is 288 g/mol. The molecule has 0 fully saturated rings. The maximum absolute atomic E-state index is 5.77. The molecule has 2 rings (SSSR count). The Labute approximate surface area is 133 Å². The van der Waals surface area contributed by atoms with Crippen LogP contribution in [-0.2, 0) is 4.74 Å². The van der Waals surface area contributed by atoms with Gasteiger partial charge >= 0.3 is 0 Å². The zero-order chi connectivity index (χ0) is 15.8. The topological polar surface area (TPSA) is 9.23 Å². The van der Waals surface area contributed by atoms with Gasteiger partial charge in [-0.05, 0) is 35.8 Å². The molecular formula is C21H20O. The molecule has 0 heterocycles. The van der Waals surface area contributed by atoms with Crippen LogP contribution in [0.25, 0.3) is 11.6 Å². The van der Waals surface area contributed by atoms with Crippen molar-refractivity contribution in [1.29, 1.82) is 0 Å². The smallest absolute Gasteiger partial charge is 0.116 e. The second-order valence-corrected chi connectivity index (χ2v) is 4.98. The predicted octanol–water partition coefficient (Wildman–Crippen LogP) is 4.80. The summed E-state index contributed by atoms with van der Waals surface area (Å²) >= 11 is 0. The monoisotopic (exact) mass is 288 g/mol. The number of rotatable bonds is 5. The van der Waals surface area contributed by atoms with Crippen LogP contribution in [0.15, 0.2) is 67.8 Å². The van der Waals surface area contributed by atoms with E-state index in [-0.39, 0.29) is 6.10 Å². The van der Waals surface area contributed by atoms with E-state index in [1.165, 1.54) is 0 Å². The van der Waals surface area contributed by atoms with E-state index in [0.717, 1.165) is 22.3 Å². The molecule has 0 radical (unpaired) electrons. The Hall–Kier alpha value is -2.56. The zero-order valence-corrected chi connectivity index (χ0v) is 12.9. The van der Waals surface area contributed by atoms with Crippen LogP contribution in [0.5, 0.6) is 0 Å². The molecule has 0 bridgehead atoms. The van der Waals surface area contributed by atoms with Crippen molar-refractivity contribution >= 4 is 11.6 Å². The van der Waals surface area contributed by atoms with Gasteiger partial charge in [0, 0.05) is 5.56 Å². The van der Waals surface area contributed by atoms with Gasteiger partial charge in [0.25, 0.3) is 0 Å². The summed E-state index contributed by atoms with van der Waals surface area (Å²) in [5, 5.41) is 0. The van der Waals surface area contributed by atoms with Crippen LogP contribution in [0.2, 0.25) is 0 Å².